The molecule has 0 saturated heterocycles. The van der Waals surface area contributed by atoms with Crippen LogP contribution in [-0.2, 0) is 54.0 Å². The van der Waals surface area contributed by atoms with Crippen LogP contribution in [0.2, 0.25) is 4.34 Å². The summed E-state index contributed by atoms with van der Waals surface area (Å²) >= 11 is 9.03. The van der Waals surface area contributed by atoms with Gasteiger partial charge in [-0.2, -0.15) is 0 Å². The molecular weight excluding hydrogens is 1190 g/mol. The molecule has 1 aromatic carbocycles. The fraction of sp³-hybridized carbons (Fsp3) is 0.519. The SMILES string of the molecule is Cc1c(N)nc([C@H](CC(N)=O)NC[C@H](N)C(N)=O)nc1C(=O)N[C@@H](Cc1cnc[nH]1)C(=O)N[C@H](Cc1ccccc1)[C@@H](O)[C@H](C)C(=O)N[C@@H](CCS(C)=O)C(=O)NCCc1nc(-c2nc(C(=O)NCCCNCCCCNCCCN)cs2)c(Cl)s1. The molecular formula is C54H80ClN19O9S3. The van der Waals surface area contributed by atoms with Gasteiger partial charge in [0.15, 0.2) is 0 Å². The number of imidazole rings is 1. The minimum absolute atomic E-state index is 0.00325. The highest BCUT2D eigenvalue weighted by Crippen LogP contribution is 2.34. The molecule has 86 heavy (non-hydrogen) atoms. The number of primary amides is 2. The van der Waals surface area contributed by atoms with Crippen LogP contribution in [0.5, 0.6) is 0 Å². The molecule has 8 atom stereocenters. The number of nitrogens with one attached hydrogen (secondary N) is 9. The maximum Gasteiger partial charge on any atom is 0.271 e. The molecule has 0 spiro atoms. The van der Waals surface area contributed by atoms with Crippen molar-refractivity contribution in [1.82, 2.24) is 72.4 Å². The summed E-state index contributed by atoms with van der Waals surface area (Å²) in [6.45, 7) is 7.46. The fourth-order valence-electron chi connectivity index (χ4n) is 8.54. The number of carbonyl (C=O) groups excluding carboxylic acids is 7. The quantitative estimate of drug-likeness (QED) is 0.0204. The molecule has 1 unspecified atom stereocenters. The van der Waals surface area contributed by atoms with Crippen molar-refractivity contribution in [3.63, 3.8) is 0 Å². The van der Waals surface area contributed by atoms with Crippen LogP contribution in [0.25, 0.3) is 10.7 Å². The van der Waals surface area contributed by atoms with E-state index in [-0.39, 0.29) is 79.0 Å². The highest BCUT2D eigenvalue weighted by Gasteiger charge is 2.36. The van der Waals surface area contributed by atoms with E-state index < -0.39 is 94.9 Å². The number of halogens is 1. The van der Waals surface area contributed by atoms with E-state index in [0.717, 1.165) is 51.9 Å². The Morgan fingerprint density at radius 1 is 0.826 bits per heavy atom. The van der Waals surface area contributed by atoms with Gasteiger partial charge in [0.1, 0.15) is 50.2 Å². The predicted octanol–water partition coefficient (Wildman–Crippen LogP) is -1.25. The van der Waals surface area contributed by atoms with Crippen LogP contribution in [0.1, 0.15) is 100 Å². The second-order valence-corrected chi connectivity index (χ2v) is 24.5. The molecule has 20 N–H and O–H groups in total. The summed E-state index contributed by atoms with van der Waals surface area (Å²) in [7, 11) is -1.36. The molecule has 4 heterocycles. The average molecular weight is 1270 g/mol. The first kappa shape index (κ1) is 69.8. The number of H-pyrrole nitrogens is 1. The topological polar surface area (TPSA) is 463 Å². The van der Waals surface area contributed by atoms with Crippen LogP contribution in [0.4, 0.5) is 5.82 Å². The maximum atomic E-state index is 14.6. The third-order valence-corrected chi connectivity index (χ3v) is 16.5. The number of carbonyl (C=O) groups is 7. The highest BCUT2D eigenvalue weighted by atomic mass is 35.5. The highest BCUT2D eigenvalue weighted by molar-refractivity contribution is 7.84. The summed E-state index contributed by atoms with van der Waals surface area (Å²) in [6, 6.07) is 2.83. The zero-order valence-corrected chi connectivity index (χ0v) is 51.5. The average Bonchev–Trinajstić information content (AvgIpc) is 3.12. The first-order chi connectivity index (χ1) is 41.1. The smallest absolute Gasteiger partial charge is 0.271 e. The Morgan fingerprint density at radius 2 is 1.53 bits per heavy atom. The van der Waals surface area contributed by atoms with Crippen LogP contribution in [-0.4, -0.2) is 175 Å². The molecule has 0 radical (unpaired) electrons. The summed E-state index contributed by atoms with van der Waals surface area (Å²) in [6.07, 6.45) is 6.20. The number of aliphatic hydroxyl groups is 1. The van der Waals surface area contributed by atoms with Gasteiger partial charge in [-0.15, -0.1) is 22.7 Å². The van der Waals surface area contributed by atoms with Crippen LogP contribution in [0.3, 0.4) is 0 Å². The second-order valence-electron chi connectivity index (χ2n) is 20.4. The van der Waals surface area contributed by atoms with E-state index in [4.69, 9.17) is 40.3 Å². The third-order valence-electron chi connectivity index (χ3n) is 13.5. The first-order valence-electron chi connectivity index (χ1n) is 28.0. The van der Waals surface area contributed by atoms with Crippen molar-refractivity contribution in [3.05, 3.63) is 91.6 Å². The number of nitrogens with zero attached hydrogens (tertiary/aromatic N) is 5. The molecule has 32 heteroatoms. The number of aromatic amines is 1. The van der Waals surface area contributed by atoms with Crippen LogP contribution in [0.15, 0.2) is 48.2 Å². The Kier molecular flexibility index (Phi) is 29.4. The number of anilines is 1. The number of nitrogen functional groups attached to an aromatic ring is 1. The minimum Gasteiger partial charge on any atom is -0.390 e. The molecule has 0 aliphatic heterocycles. The molecule has 4 aromatic heterocycles. The number of amides is 7. The summed E-state index contributed by atoms with van der Waals surface area (Å²) in [5.41, 5.74) is 30.0. The standard InChI is InChI=1S/C54H80ClN19O9S3/c1-30-42(73-48(74-46(30)59)37(25-40(58)75)66-27-34(57)47(60)77)53(82)70-38(24-33-26-63-29-67-33)52(81)69-36(23-32-11-5-4-6-12-32)44(76)31(2)49(78)68-35(14-22-86(3)83)50(79)65-21-13-41-72-43(45(55)85-41)54-71-39(28-84-54)51(80)64-20-10-19-62-17-8-7-16-61-18-9-15-56/h4-6,11-12,26,28-29,31,34-38,44,61-62,66,76H,7-10,13-25,27,56-57H2,1-3H3,(H2,58,75)(H2,60,77)(H,63,67)(H,64,80)(H,65,79)(H,68,78)(H,69,81)(H,70,82)(H2,59,73,74)/t31-,34-,35-,36+,37-,38-,44-,86?/m0/s1. The van der Waals surface area contributed by atoms with Crippen molar-refractivity contribution in [1.29, 1.82) is 0 Å². The number of aliphatic hydroxyl groups excluding tert-OH is 1. The van der Waals surface area contributed by atoms with E-state index in [9.17, 15) is 42.9 Å². The fourth-order valence-corrected chi connectivity index (χ4v) is 11.2. The lowest BCUT2D eigenvalue weighted by Gasteiger charge is -2.31. The molecule has 0 bridgehead atoms. The second kappa shape index (κ2) is 36.3. The normalized spacial score (nSPS) is 14.2. The molecule has 0 aliphatic rings. The zero-order valence-electron chi connectivity index (χ0n) is 48.3. The van der Waals surface area contributed by atoms with Gasteiger partial charge in [0.05, 0.1) is 41.5 Å². The molecule has 7 amide bonds. The molecule has 5 rings (SSSR count). The van der Waals surface area contributed by atoms with Crippen LogP contribution < -0.4 is 71.2 Å². The predicted molar refractivity (Wildman–Crippen MR) is 330 cm³/mol. The van der Waals surface area contributed by atoms with Crippen molar-refractivity contribution < 1.29 is 42.9 Å². The van der Waals surface area contributed by atoms with E-state index >= 15 is 0 Å². The first-order valence-corrected chi connectivity index (χ1v) is 31.9. The lowest BCUT2D eigenvalue weighted by molar-refractivity contribution is -0.134. The Bertz CT molecular complexity index is 3030. The largest absolute Gasteiger partial charge is 0.390 e. The number of nitrogens with two attached hydrogens (primary N) is 5. The van der Waals surface area contributed by atoms with E-state index in [1.54, 1.807) is 35.7 Å². The molecule has 0 saturated carbocycles. The van der Waals surface area contributed by atoms with E-state index in [1.807, 2.05) is 0 Å². The summed E-state index contributed by atoms with van der Waals surface area (Å²) < 4.78 is 12.7. The Morgan fingerprint density at radius 3 is 2.20 bits per heavy atom. The number of unbranched alkanes of at least 4 members (excludes halogenated alkanes) is 1. The van der Waals surface area contributed by atoms with Gasteiger partial charge in [0, 0.05) is 84.5 Å². The molecule has 470 valence electrons. The van der Waals surface area contributed by atoms with Crippen molar-refractivity contribution >= 4 is 92.2 Å². The number of aromatic nitrogens is 6. The van der Waals surface area contributed by atoms with Crippen molar-refractivity contribution in [2.75, 3.05) is 70.1 Å². The van der Waals surface area contributed by atoms with Gasteiger partial charge in [-0.1, -0.05) is 48.9 Å². The van der Waals surface area contributed by atoms with Gasteiger partial charge in [0.2, 0.25) is 29.5 Å². The van der Waals surface area contributed by atoms with Gasteiger partial charge < -0.3 is 81.3 Å². The molecule has 5 aromatic rings. The Labute approximate surface area is 514 Å². The lowest BCUT2D eigenvalue weighted by atomic mass is 9.91. The molecule has 0 aliphatic carbocycles. The summed E-state index contributed by atoms with van der Waals surface area (Å²) in [4.78, 5) is 118. The Balaban J connectivity index is 1.23. The van der Waals surface area contributed by atoms with Crippen molar-refractivity contribution in [3.8, 4) is 10.7 Å². The van der Waals surface area contributed by atoms with Gasteiger partial charge in [-0.05, 0) is 83.7 Å². The number of hydrogen-bond acceptors (Lipinski definition) is 22. The zero-order chi connectivity index (χ0) is 62.7. The molecule has 0 fully saturated rings. The van der Waals surface area contributed by atoms with E-state index in [0.29, 0.717) is 44.4 Å². The van der Waals surface area contributed by atoms with Gasteiger partial charge >= 0.3 is 0 Å². The van der Waals surface area contributed by atoms with E-state index in [1.165, 1.54) is 55.3 Å². The number of thiazole rings is 2. The summed E-state index contributed by atoms with van der Waals surface area (Å²) in [5.74, 6) is -6.46. The minimum atomic E-state index is -1.60. The van der Waals surface area contributed by atoms with E-state index in [2.05, 4.69) is 72.4 Å². The van der Waals surface area contributed by atoms with Crippen molar-refractivity contribution in [2.24, 2.45) is 28.9 Å². The van der Waals surface area contributed by atoms with Gasteiger partial charge in [0.25, 0.3) is 11.8 Å². The van der Waals surface area contributed by atoms with Crippen LogP contribution >= 0.6 is 34.3 Å². The number of rotatable bonds is 40. The van der Waals surface area contributed by atoms with Crippen molar-refractivity contribution in [2.45, 2.75) is 108 Å². The number of benzene rings is 1. The lowest BCUT2D eigenvalue weighted by Crippen LogP contribution is -2.57. The Hall–Kier alpha value is -6.94. The van der Waals surface area contributed by atoms with Gasteiger partial charge in [-0.25, -0.2) is 24.9 Å². The number of hydrogen-bond donors (Lipinski definition) is 15. The monoisotopic (exact) mass is 1270 g/mol. The maximum absolute atomic E-state index is 14.6. The van der Waals surface area contributed by atoms with Crippen LogP contribution in [0, 0.1) is 12.8 Å². The molecule has 28 nitrogen and oxygen atoms in total. The third kappa shape index (κ3) is 23.1. The van der Waals surface area contributed by atoms with Gasteiger partial charge in [-0.3, -0.25) is 37.8 Å². The summed E-state index contributed by atoms with van der Waals surface area (Å²) in [5, 5.41) is 38.3.